The number of aromatic nitrogens is 2. The van der Waals surface area contributed by atoms with Gasteiger partial charge in [-0.25, -0.2) is 4.98 Å². The van der Waals surface area contributed by atoms with Crippen LogP contribution in [-0.2, 0) is 6.54 Å². The molecule has 0 saturated carbocycles. The minimum absolute atomic E-state index is 0.165. The van der Waals surface area contributed by atoms with Crippen molar-refractivity contribution in [3.8, 4) is 0 Å². The Balaban J connectivity index is 1.72. The third-order valence-electron chi connectivity index (χ3n) is 2.95. The quantitative estimate of drug-likeness (QED) is 0.634. The average molecular weight is 293 g/mol. The van der Waals surface area contributed by atoms with Gasteiger partial charge < -0.3 is 15.6 Å². The summed E-state index contributed by atoms with van der Waals surface area (Å²) in [5, 5.41) is 3.38. The number of imidazole rings is 1. The largest absolute Gasteiger partial charge is 0.398 e. The average Bonchev–Trinajstić information content (AvgIpc) is 2.91. The van der Waals surface area contributed by atoms with Crippen LogP contribution in [-0.4, -0.2) is 22.0 Å². The Morgan fingerprint density at radius 3 is 2.95 bits per heavy atom. The lowest BCUT2D eigenvalue weighted by Gasteiger charge is -2.08. The number of hydrogen-bond donors (Lipinski definition) is 2. The molecule has 0 bridgehead atoms. The first kappa shape index (κ1) is 14.4. The molecule has 0 saturated heterocycles. The Kier molecular flexibility index (Phi) is 5.01. The maximum atomic E-state index is 11.9. The van der Waals surface area contributed by atoms with Crippen molar-refractivity contribution in [1.29, 1.82) is 0 Å². The standard InChI is InChI=1S/C14H17ClN4O/c15-11-3-4-12(13(16)9-11)14(20)18-5-1-2-7-19-8-6-17-10-19/h3-4,6,8-10H,1-2,5,7,16H2,(H,18,20). The minimum Gasteiger partial charge on any atom is -0.398 e. The molecule has 3 N–H and O–H groups in total. The van der Waals surface area contributed by atoms with E-state index in [1.165, 1.54) is 0 Å². The molecule has 1 aromatic heterocycles. The molecule has 1 amide bonds. The highest BCUT2D eigenvalue weighted by Gasteiger charge is 2.08. The van der Waals surface area contributed by atoms with Gasteiger partial charge in [0.25, 0.3) is 5.91 Å². The summed E-state index contributed by atoms with van der Waals surface area (Å²) >= 11 is 5.80. The predicted octanol–water partition coefficient (Wildman–Crippen LogP) is 2.33. The topological polar surface area (TPSA) is 72.9 Å². The van der Waals surface area contributed by atoms with Gasteiger partial charge in [-0.15, -0.1) is 0 Å². The van der Waals surface area contributed by atoms with Gasteiger partial charge in [0, 0.05) is 36.2 Å². The zero-order chi connectivity index (χ0) is 14.4. The van der Waals surface area contributed by atoms with Crippen LogP contribution >= 0.6 is 11.6 Å². The molecule has 2 rings (SSSR count). The van der Waals surface area contributed by atoms with Gasteiger partial charge in [-0.3, -0.25) is 4.79 Å². The zero-order valence-electron chi connectivity index (χ0n) is 11.1. The normalized spacial score (nSPS) is 10.4. The molecule has 1 heterocycles. The van der Waals surface area contributed by atoms with Gasteiger partial charge in [0.2, 0.25) is 0 Å². The molecule has 5 nitrogen and oxygen atoms in total. The lowest BCUT2D eigenvalue weighted by atomic mass is 10.1. The summed E-state index contributed by atoms with van der Waals surface area (Å²) in [6.45, 7) is 1.52. The highest BCUT2D eigenvalue weighted by molar-refractivity contribution is 6.31. The van der Waals surface area contributed by atoms with Crippen molar-refractivity contribution in [3.05, 3.63) is 47.5 Å². The van der Waals surface area contributed by atoms with Crippen molar-refractivity contribution < 1.29 is 4.79 Å². The molecule has 0 aliphatic rings. The van der Waals surface area contributed by atoms with Gasteiger partial charge in [0.15, 0.2) is 0 Å². The van der Waals surface area contributed by atoms with Gasteiger partial charge in [-0.1, -0.05) is 11.6 Å². The van der Waals surface area contributed by atoms with Crippen LogP contribution in [0.4, 0.5) is 5.69 Å². The van der Waals surface area contributed by atoms with Crippen molar-refractivity contribution in [2.75, 3.05) is 12.3 Å². The van der Waals surface area contributed by atoms with Gasteiger partial charge >= 0.3 is 0 Å². The van der Waals surface area contributed by atoms with Gasteiger partial charge in [0.05, 0.1) is 11.9 Å². The van der Waals surface area contributed by atoms with E-state index < -0.39 is 0 Å². The fourth-order valence-corrected chi connectivity index (χ4v) is 2.06. The molecule has 0 spiro atoms. The SMILES string of the molecule is Nc1cc(Cl)ccc1C(=O)NCCCCn1ccnc1. The number of nitrogens with one attached hydrogen (secondary N) is 1. The van der Waals surface area contributed by atoms with E-state index in [4.69, 9.17) is 17.3 Å². The number of rotatable bonds is 6. The first-order chi connectivity index (χ1) is 9.66. The predicted molar refractivity (Wildman–Crippen MR) is 79.7 cm³/mol. The molecule has 6 heteroatoms. The molecular formula is C14H17ClN4O. The molecule has 0 fully saturated rings. The second-order valence-electron chi connectivity index (χ2n) is 4.50. The molecule has 1 aromatic carbocycles. The number of hydrogen-bond acceptors (Lipinski definition) is 3. The van der Waals surface area contributed by atoms with E-state index in [0.717, 1.165) is 19.4 Å². The Morgan fingerprint density at radius 2 is 2.25 bits per heavy atom. The Labute approximate surface area is 122 Å². The van der Waals surface area contributed by atoms with Crippen LogP contribution in [0.2, 0.25) is 5.02 Å². The van der Waals surface area contributed by atoms with Crippen LogP contribution in [0.15, 0.2) is 36.9 Å². The summed E-state index contributed by atoms with van der Waals surface area (Å²) in [5.41, 5.74) is 6.62. The summed E-state index contributed by atoms with van der Waals surface area (Å²) in [6.07, 6.45) is 7.34. The monoisotopic (exact) mass is 292 g/mol. The number of nitrogens with zero attached hydrogens (tertiary/aromatic N) is 2. The first-order valence-electron chi connectivity index (χ1n) is 6.46. The number of aryl methyl sites for hydroxylation is 1. The van der Waals surface area contributed by atoms with Crippen LogP contribution in [0, 0.1) is 0 Å². The molecule has 20 heavy (non-hydrogen) atoms. The first-order valence-corrected chi connectivity index (χ1v) is 6.83. The van der Waals surface area contributed by atoms with Crippen LogP contribution < -0.4 is 11.1 Å². The van der Waals surface area contributed by atoms with E-state index in [1.54, 1.807) is 30.7 Å². The summed E-state index contributed by atoms with van der Waals surface area (Å²) in [6, 6.07) is 4.87. The number of carbonyl (C=O) groups is 1. The maximum absolute atomic E-state index is 11.9. The Bertz CT molecular complexity index is 569. The number of nitrogen functional groups attached to an aromatic ring is 1. The third kappa shape index (κ3) is 3.99. The summed E-state index contributed by atoms with van der Waals surface area (Å²) in [7, 11) is 0. The van der Waals surface area contributed by atoms with Crippen molar-refractivity contribution in [2.24, 2.45) is 0 Å². The summed E-state index contributed by atoms with van der Waals surface area (Å²) in [4.78, 5) is 15.9. The number of nitrogens with two attached hydrogens (primary N) is 1. The second-order valence-corrected chi connectivity index (χ2v) is 4.93. The highest BCUT2D eigenvalue weighted by atomic mass is 35.5. The van der Waals surface area contributed by atoms with Gasteiger partial charge in [-0.2, -0.15) is 0 Å². The van der Waals surface area contributed by atoms with Crippen molar-refractivity contribution in [2.45, 2.75) is 19.4 Å². The molecular weight excluding hydrogens is 276 g/mol. The Morgan fingerprint density at radius 1 is 1.40 bits per heavy atom. The van der Waals surface area contributed by atoms with Crippen molar-refractivity contribution >= 4 is 23.2 Å². The smallest absolute Gasteiger partial charge is 0.253 e. The lowest BCUT2D eigenvalue weighted by Crippen LogP contribution is -2.25. The molecule has 0 atom stereocenters. The highest BCUT2D eigenvalue weighted by Crippen LogP contribution is 2.17. The molecule has 0 aliphatic heterocycles. The fourth-order valence-electron chi connectivity index (χ4n) is 1.88. The second kappa shape index (κ2) is 6.96. The summed E-state index contributed by atoms with van der Waals surface area (Å²) < 4.78 is 2.01. The zero-order valence-corrected chi connectivity index (χ0v) is 11.8. The van der Waals surface area contributed by atoms with E-state index in [9.17, 15) is 4.79 Å². The lowest BCUT2D eigenvalue weighted by molar-refractivity contribution is 0.0954. The number of halogens is 1. The van der Waals surface area contributed by atoms with E-state index in [1.807, 2.05) is 10.8 Å². The fraction of sp³-hybridized carbons (Fsp3) is 0.286. The molecule has 0 aliphatic carbocycles. The van der Waals surface area contributed by atoms with E-state index >= 15 is 0 Å². The molecule has 0 radical (unpaired) electrons. The van der Waals surface area contributed by atoms with Crippen LogP contribution in [0.5, 0.6) is 0 Å². The third-order valence-corrected chi connectivity index (χ3v) is 3.18. The van der Waals surface area contributed by atoms with Crippen LogP contribution in [0.25, 0.3) is 0 Å². The summed E-state index contributed by atoms with van der Waals surface area (Å²) in [5.74, 6) is -0.165. The maximum Gasteiger partial charge on any atom is 0.253 e. The van der Waals surface area contributed by atoms with E-state index in [0.29, 0.717) is 22.8 Å². The van der Waals surface area contributed by atoms with Crippen molar-refractivity contribution in [1.82, 2.24) is 14.9 Å². The van der Waals surface area contributed by atoms with Crippen molar-refractivity contribution in [3.63, 3.8) is 0 Å². The number of amides is 1. The van der Waals surface area contributed by atoms with Gasteiger partial charge in [0.1, 0.15) is 0 Å². The number of unbranched alkanes of at least 4 members (excludes halogenated alkanes) is 1. The van der Waals surface area contributed by atoms with Crippen LogP contribution in [0.3, 0.4) is 0 Å². The van der Waals surface area contributed by atoms with E-state index in [2.05, 4.69) is 10.3 Å². The number of carbonyl (C=O) groups excluding carboxylic acids is 1. The van der Waals surface area contributed by atoms with Crippen LogP contribution in [0.1, 0.15) is 23.2 Å². The number of anilines is 1. The molecule has 2 aromatic rings. The van der Waals surface area contributed by atoms with Gasteiger partial charge in [-0.05, 0) is 31.0 Å². The molecule has 106 valence electrons. The Hall–Kier alpha value is -2.01. The molecule has 0 unspecified atom stereocenters. The minimum atomic E-state index is -0.165. The van der Waals surface area contributed by atoms with E-state index in [-0.39, 0.29) is 5.91 Å². The number of benzene rings is 1.